The Morgan fingerprint density at radius 2 is 2.10 bits per heavy atom. The Morgan fingerprint density at radius 1 is 1.48 bits per heavy atom. The number of nitrogens with one attached hydrogen (secondary N) is 1. The average Bonchev–Trinajstić information content (AvgIpc) is 2.44. The van der Waals surface area contributed by atoms with Gasteiger partial charge in [-0.15, -0.1) is 0 Å². The Bertz CT molecular complexity index is 627. The van der Waals surface area contributed by atoms with Crippen molar-refractivity contribution < 1.29 is 28.3 Å². The van der Waals surface area contributed by atoms with E-state index in [0.29, 0.717) is 0 Å². The van der Waals surface area contributed by atoms with Gasteiger partial charge in [-0.05, 0) is 19.1 Å². The lowest BCUT2D eigenvalue weighted by molar-refractivity contribution is -0.387. The summed E-state index contributed by atoms with van der Waals surface area (Å²) in [6.45, 7) is 0.0627. The van der Waals surface area contributed by atoms with Crippen LogP contribution in [0.3, 0.4) is 0 Å². The van der Waals surface area contributed by atoms with Crippen LogP contribution in [-0.2, 0) is 10.0 Å². The molecule has 0 aliphatic carbocycles. The summed E-state index contributed by atoms with van der Waals surface area (Å²) >= 11 is 0. The highest BCUT2D eigenvalue weighted by Gasteiger charge is 2.29. The standard InChI is InChI=1S/C11H16N2O7S/c1-11(15,7-14)6-12-21(18,19)10-4-3-8(20-2)5-9(10)13(16)17/h3-5,12,14-15H,6-7H2,1-2H3. The number of benzene rings is 1. The summed E-state index contributed by atoms with van der Waals surface area (Å²) < 4.78 is 31.0. The fourth-order valence-corrected chi connectivity index (χ4v) is 2.69. The van der Waals surface area contributed by atoms with Crippen molar-refractivity contribution in [2.24, 2.45) is 0 Å². The van der Waals surface area contributed by atoms with Crippen molar-refractivity contribution in [1.82, 2.24) is 4.72 Å². The molecular weight excluding hydrogens is 304 g/mol. The van der Waals surface area contributed by atoms with Crippen molar-refractivity contribution in [3.05, 3.63) is 28.3 Å². The van der Waals surface area contributed by atoms with Gasteiger partial charge in [-0.3, -0.25) is 10.1 Å². The molecule has 1 rings (SSSR count). The second-order valence-electron chi connectivity index (χ2n) is 4.57. The highest BCUT2D eigenvalue weighted by Crippen LogP contribution is 2.28. The number of nitrogens with zero attached hydrogens (tertiary/aromatic N) is 1. The van der Waals surface area contributed by atoms with Crippen LogP contribution in [0.15, 0.2) is 23.1 Å². The first-order chi connectivity index (χ1) is 9.63. The maximum Gasteiger partial charge on any atom is 0.293 e. The highest BCUT2D eigenvalue weighted by atomic mass is 32.2. The molecular formula is C11H16N2O7S. The van der Waals surface area contributed by atoms with Crippen molar-refractivity contribution in [1.29, 1.82) is 0 Å². The zero-order chi connectivity index (χ0) is 16.3. The first-order valence-corrected chi connectivity index (χ1v) is 7.26. The predicted octanol–water partition coefficient (Wildman–Crippen LogP) is -0.375. The van der Waals surface area contributed by atoms with Crippen LogP contribution in [0.1, 0.15) is 6.92 Å². The molecule has 0 radical (unpaired) electrons. The van der Waals surface area contributed by atoms with Gasteiger partial charge in [-0.1, -0.05) is 0 Å². The van der Waals surface area contributed by atoms with Crippen LogP contribution in [0.2, 0.25) is 0 Å². The molecule has 118 valence electrons. The normalized spacial score (nSPS) is 14.5. The van der Waals surface area contributed by atoms with E-state index in [2.05, 4.69) is 0 Å². The second kappa shape index (κ2) is 6.35. The van der Waals surface area contributed by atoms with Gasteiger partial charge in [-0.2, -0.15) is 0 Å². The zero-order valence-electron chi connectivity index (χ0n) is 11.4. The number of rotatable bonds is 7. The van der Waals surface area contributed by atoms with Crippen molar-refractivity contribution in [3.8, 4) is 5.75 Å². The van der Waals surface area contributed by atoms with Crippen LogP contribution < -0.4 is 9.46 Å². The summed E-state index contributed by atoms with van der Waals surface area (Å²) in [7, 11) is -2.93. The molecule has 1 aromatic carbocycles. The summed E-state index contributed by atoms with van der Waals surface area (Å²) in [5.41, 5.74) is -2.32. The van der Waals surface area contributed by atoms with Crippen LogP contribution in [0.5, 0.6) is 5.75 Å². The van der Waals surface area contributed by atoms with Crippen LogP contribution in [-0.4, -0.2) is 49.4 Å². The van der Waals surface area contributed by atoms with E-state index in [9.17, 15) is 23.6 Å². The Kier molecular flexibility index (Phi) is 5.23. The van der Waals surface area contributed by atoms with Crippen molar-refractivity contribution in [3.63, 3.8) is 0 Å². The Morgan fingerprint density at radius 3 is 2.57 bits per heavy atom. The van der Waals surface area contributed by atoms with Gasteiger partial charge in [0.2, 0.25) is 10.0 Å². The number of hydrogen-bond donors (Lipinski definition) is 3. The average molecular weight is 320 g/mol. The Hall–Kier alpha value is -1.75. The van der Waals surface area contributed by atoms with Crippen molar-refractivity contribution >= 4 is 15.7 Å². The van der Waals surface area contributed by atoms with Crippen LogP contribution in [0, 0.1) is 10.1 Å². The van der Waals surface area contributed by atoms with Gasteiger partial charge < -0.3 is 14.9 Å². The third kappa shape index (κ3) is 4.36. The van der Waals surface area contributed by atoms with E-state index in [1.165, 1.54) is 20.1 Å². The number of sulfonamides is 1. The fraction of sp³-hybridized carbons (Fsp3) is 0.455. The first-order valence-electron chi connectivity index (χ1n) is 5.78. The lowest BCUT2D eigenvalue weighted by Gasteiger charge is -2.20. The molecule has 0 aliphatic heterocycles. The fourth-order valence-electron chi connectivity index (χ4n) is 1.38. The number of nitro groups is 1. The summed E-state index contributed by atoms with van der Waals surface area (Å²) in [4.78, 5) is 9.56. The van der Waals surface area contributed by atoms with Gasteiger partial charge >= 0.3 is 0 Å². The van der Waals surface area contributed by atoms with Gasteiger partial charge in [-0.25, -0.2) is 13.1 Å². The third-order valence-corrected chi connectivity index (χ3v) is 4.08. The van der Waals surface area contributed by atoms with Crippen molar-refractivity contribution in [2.45, 2.75) is 17.4 Å². The number of nitro benzene ring substituents is 1. The quantitative estimate of drug-likeness (QED) is 0.460. The number of methoxy groups -OCH3 is 1. The third-order valence-electron chi connectivity index (χ3n) is 2.64. The topological polar surface area (TPSA) is 139 Å². The summed E-state index contributed by atoms with van der Waals surface area (Å²) in [6, 6.07) is 3.29. The molecule has 10 heteroatoms. The number of aliphatic hydroxyl groups excluding tert-OH is 1. The van der Waals surface area contributed by atoms with E-state index in [0.717, 1.165) is 12.1 Å². The Balaban J connectivity index is 3.16. The van der Waals surface area contributed by atoms with Crippen LogP contribution in [0.4, 0.5) is 5.69 Å². The number of hydrogen-bond acceptors (Lipinski definition) is 7. The molecule has 21 heavy (non-hydrogen) atoms. The van der Waals surface area contributed by atoms with Gasteiger partial charge in [0.25, 0.3) is 5.69 Å². The van der Waals surface area contributed by atoms with E-state index in [1.807, 2.05) is 4.72 Å². The monoisotopic (exact) mass is 320 g/mol. The SMILES string of the molecule is COc1ccc(S(=O)(=O)NCC(C)(O)CO)c([N+](=O)[O-])c1. The van der Waals surface area contributed by atoms with Gasteiger partial charge in [0.15, 0.2) is 4.90 Å². The molecule has 0 bridgehead atoms. The minimum atomic E-state index is -4.22. The molecule has 0 amide bonds. The van der Waals surface area contributed by atoms with E-state index < -0.39 is 44.3 Å². The molecule has 0 aliphatic rings. The minimum Gasteiger partial charge on any atom is -0.497 e. The number of ether oxygens (including phenoxy) is 1. The maximum atomic E-state index is 12.1. The second-order valence-corrected chi connectivity index (χ2v) is 6.31. The van der Waals surface area contributed by atoms with Crippen LogP contribution in [0.25, 0.3) is 0 Å². The lowest BCUT2D eigenvalue weighted by atomic mass is 10.1. The van der Waals surface area contributed by atoms with Gasteiger partial charge in [0.1, 0.15) is 5.75 Å². The molecule has 0 saturated heterocycles. The molecule has 1 atom stereocenters. The molecule has 9 nitrogen and oxygen atoms in total. The first kappa shape index (κ1) is 17.3. The largest absolute Gasteiger partial charge is 0.497 e. The van der Waals surface area contributed by atoms with E-state index in [-0.39, 0.29) is 5.75 Å². The zero-order valence-corrected chi connectivity index (χ0v) is 12.3. The maximum absolute atomic E-state index is 12.1. The van der Waals surface area contributed by atoms with Gasteiger partial charge in [0, 0.05) is 6.54 Å². The smallest absolute Gasteiger partial charge is 0.293 e. The molecule has 1 unspecified atom stereocenters. The molecule has 0 heterocycles. The molecule has 0 aromatic heterocycles. The lowest BCUT2D eigenvalue weighted by Crippen LogP contribution is -2.43. The van der Waals surface area contributed by atoms with Gasteiger partial charge in [0.05, 0.1) is 30.3 Å². The molecule has 3 N–H and O–H groups in total. The molecule has 0 spiro atoms. The summed E-state index contributed by atoms with van der Waals surface area (Å²) in [5.74, 6) is 0.142. The predicted molar refractivity (Wildman–Crippen MR) is 72.5 cm³/mol. The molecule has 0 saturated carbocycles. The minimum absolute atomic E-state index is 0.142. The van der Waals surface area contributed by atoms with E-state index >= 15 is 0 Å². The Labute approximate surface area is 121 Å². The van der Waals surface area contributed by atoms with Crippen LogP contribution >= 0.6 is 0 Å². The van der Waals surface area contributed by atoms with E-state index in [4.69, 9.17) is 9.84 Å². The van der Waals surface area contributed by atoms with Crippen molar-refractivity contribution in [2.75, 3.05) is 20.3 Å². The molecule has 0 fully saturated rings. The van der Waals surface area contributed by atoms with E-state index in [1.54, 1.807) is 0 Å². The summed E-state index contributed by atoms with van der Waals surface area (Å²) in [6.07, 6.45) is 0. The summed E-state index contributed by atoms with van der Waals surface area (Å²) in [5, 5.41) is 29.4. The number of aliphatic hydroxyl groups is 2. The highest BCUT2D eigenvalue weighted by molar-refractivity contribution is 7.89. The molecule has 1 aromatic rings.